The van der Waals surface area contributed by atoms with Gasteiger partial charge in [-0.3, -0.25) is 5.54 Å². The quantitative estimate of drug-likeness (QED) is 0.581. The number of nitrogens with zero attached hydrogens (tertiary/aromatic N) is 2. The van der Waals surface area contributed by atoms with Gasteiger partial charge in [-0.1, -0.05) is 44.3 Å². The summed E-state index contributed by atoms with van der Waals surface area (Å²) in [7, 11) is -1.37. The first kappa shape index (κ1) is 13.5. The van der Waals surface area contributed by atoms with Gasteiger partial charge in [-0.05, 0) is 18.6 Å². The highest BCUT2D eigenvalue weighted by Crippen LogP contribution is 2.17. The molecule has 0 bridgehead atoms. The molecule has 0 N–H and O–H groups in total. The Hall–Kier alpha value is -1.92. The zero-order valence-electron chi connectivity index (χ0n) is 11.9. The molecule has 1 heterocycles. The zero-order chi connectivity index (χ0) is 13.9. The smallest absolute Gasteiger partial charge is 0.135 e. The van der Waals surface area contributed by atoms with Gasteiger partial charge in [-0.15, -0.1) is 10.2 Å². The molecule has 97 valence electrons. The summed E-state index contributed by atoms with van der Waals surface area (Å²) in [4.78, 5) is 0. The molecule has 0 radical (unpaired) electrons. The van der Waals surface area contributed by atoms with Gasteiger partial charge >= 0.3 is 0 Å². The maximum Gasteiger partial charge on any atom is 0.135 e. The fraction of sp³-hybridized carbons (Fsp3) is 0.250. The van der Waals surface area contributed by atoms with Crippen molar-refractivity contribution in [3.8, 4) is 22.7 Å². The van der Waals surface area contributed by atoms with Crippen molar-refractivity contribution in [1.29, 1.82) is 0 Å². The van der Waals surface area contributed by atoms with E-state index in [1.807, 2.05) is 37.3 Å². The third kappa shape index (κ3) is 3.77. The Bertz CT molecular complexity index is 631. The summed E-state index contributed by atoms with van der Waals surface area (Å²) in [5.41, 5.74) is 7.19. The Kier molecular flexibility index (Phi) is 3.82. The van der Waals surface area contributed by atoms with Crippen LogP contribution in [0, 0.1) is 18.4 Å². The molecule has 0 spiro atoms. The highest BCUT2D eigenvalue weighted by Gasteiger charge is 2.03. The van der Waals surface area contributed by atoms with Crippen LogP contribution >= 0.6 is 0 Å². The Labute approximate surface area is 115 Å². The molecule has 0 aliphatic heterocycles. The van der Waals surface area contributed by atoms with E-state index in [-0.39, 0.29) is 0 Å². The van der Waals surface area contributed by atoms with Crippen LogP contribution in [0.4, 0.5) is 0 Å². The summed E-state index contributed by atoms with van der Waals surface area (Å²) in [5.74, 6) is 3.17. The molecule has 0 unspecified atom stereocenters. The molecule has 2 aromatic rings. The van der Waals surface area contributed by atoms with Crippen LogP contribution in [0.3, 0.4) is 0 Å². The lowest BCUT2D eigenvalue weighted by Crippen LogP contribution is -2.16. The van der Waals surface area contributed by atoms with E-state index in [1.54, 1.807) is 0 Å². The molecule has 19 heavy (non-hydrogen) atoms. The van der Waals surface area contributed by atoms with Gasteiger partial charge in [0.05, 0.1) is 5.69 Å². The number of aryl methyl sites for hydroxylation is 1. The second-order valence-electron chi connectivity index (χ2n) is 5.63. The summed E-state index contributed by atoms with van der Waals surface area (Å²) >= 11 is 0. The molecule has 0 amide bonds. The molecule has 3 heteroatoms. The second-order valence-corrected chi connectivity index (χ2v) is 10.4. The predicted molar refractivity (Wildman–Crippen MR) is 82.4 cm³/mol. The van der Waals surface area contributed by atoms with Crippen LogP contribution in [0.1, 0.15) is 11.3 Å². The van der Waals surface area contributed by atoms with Crippen LogP contribution in [0.25, 0.3) is 11.3 Å². The van der Waals surface area contributed by atoms with Gasteiger partial charge in [0.25, 0.3) is 0 Å². The Morgan fingerprint density at radius 1 is 1.00 bits per heavy atom. The summed E-state index contributed by atoms with van der Waals surface area (Å²) in [6, 6.07) is 12.1. The fourth-order valence-electron chi connectivity index (χ4n) is 1.61. The van der Waals surface area contributed by atoms with E-state index in [4.69, 9.17) is 0 Å². The summed E-state index contributed by atoms with van der Waals surface area (Å²) in [6.45, 7) is 8.71. The molecule has 0 saturated carbocycles. The lowest BCUT2D eigenvalue weighted by molar-refractivity contribution is 1.00. The van der Waals surface area contributed by atoms with Gasteiger partial charge < -0.3 is 0 Å². The van der Waals surface area contributed by atoms with Crippen molar-refractivity contribution in [2.75, 3.05) is 0 Å². The first-order valence-corrected chi connectivity index (χ1v) is 9.89. The molecule has 0 atom stereocenters. The fourth-order valence-corrected chi connectivity index (χ4v) is 2.10. The molecule has 2 rings (SSSR count). The lowest BCUT2D eigenvalue weighted by Gasteiger charge is -2.17. The summed E-state index contributed by atoms with van der Waals surface area (Å²) < 4.78 is 0. The van der Waals surface area contributed by atoms with Crippen molar-refractivity contribution >= 4 is 8.07 Å². The Balaban J connectivity index is 2.35. The number of rotatable bonds is 1. The van der Waals surface area contributed by atoms with E-state index in [0.717, 1.165) is 22.5 Å². The van der Waals surface area contributed by atoms with Crippen molar-refractivity contribution in [1.82, 2.24) is 10.2 Å². The van der Waals surface area contributed by atoms with E-state index < -0.39 is 8.07 Å². The van der Waals surface area contributed by atoms with E-state index in [0.29, 0.717) is 0 Å². The van der Waals surface area contributed by atoms with Gasteiger partial charge in [0, 0.05) is 5.56 Å². The minimum Gasteiger partial charge on any atom is -0.278 e. The highest BCUT2D eigenvalue weighted by atomic mass is 28.3. The highest BCUT2D eigenvalue weighted by molar-refractivity contribution is 6.83. The summed E-state index contributed by atoms with van der Waals surface area (Å²) in [5, 5.41) is 8.53. The topological polar surface area (TPSA) is 25.8 Å². The molecule has 1 aromatic heterocycles. The first-order valence-electron chi connectivity index (χ1n) is 6.39. The molecule has 2 nitrogen and oxygen atoms in total. The van der Waals surface area contributed by atoms with Crippen molar-refractivity contribution in [2.24, 2.45) is 0 Å². The van der Waals surface area contributed by atoms with Crippen LogP contribution in [-0.4, -0.2) is 18.3 Å². The van der Waals surface area contributed by atoms with Crippen LogP contribution in [0.2, 0.25) is 19.6 Å². The van der Waals surface area contributed by atoms with Crippen LogP contribution in [0.5, 0.6) is 0 Å². The maximum atomic E-state index is 4.27. The Morgan fingerprint density at radius 2 is 1.68 bits per heavy atom. The monoisotopic (exact) mass is 266 g/mol. The molecule has 0 fully saturated rings. The third-order valence-electron chi connectivity index (χ3n) is 2.61. The Morgan fingerprint density at radius 3 is 2.26 bits per heavy atom. The third-order valence-corrected chi connectivity index (χ3v) is 3.48. The SMILES string of the molecule is Cc1cc(-c2ccccc2)nnc1C#C[Si-](C)(C)C. The van der Waals surface area contributed by atoms with Gasteiger partial charge in [0.2, 0.25) is 0 Å². The lowest BCUT2D eigenvalue weighted by atomic mass is 10.1. The van der Waals surface area contributed by atoms with E-state index in [9.17, 15) is 0 Å². The second kappa shape index (κ2) is 5.37. The largest absolute Gasteiger partial charge is 0.278 e. The maximum absolute atomic E-state index is 4.27. The standard InChI is InChI=1S/C16H18N2Si/c1-13-12-16(14-8-6-5-7-9-14)18-17-15(13)10-11-19(2,3)4/h5-9,12H,1-4H3/q-1. The minimum atomic E-state index is -1.37. The van der Waals surface area contributed by atoms with Gasteiger partial charge in [0.1, 0.15) is 5.69 Å². The molecule has 0 saturated heterocycles. The van der Waals surface area contributed by atoms with Crippen LogP contribution in [0.15, 0.2) is 36.4 Å². The first-order chi connectivity index (χ1) is 8.96. The van der Waals surface area contributed by atoms with E-state index in [2.05, 4.69) is 47.4 Å². The summed E-state index contributed by atoms with van der Waals surface area (Å²) in [6.07, 6.45) is 0. The van der Waals surface area contributed by atoms with Crippen molar-refractivity contribution in [2.45, 2.75) is 26.6 Å². The van der Waals surface area contributed by atoms with Crippen molar-refractivity contribution in [3.63, 3.8) is 0 Å². The number of hydrogen-bond acceptors (Lipinski definition) is 2. The zero-order valence-corrected chi connectivity index (χ0v) is 12.9. The van der Waals surface area contributed by atoms with Crippen molar-refractivity contribution in [3.05, 3.63) is 47.7 Å². The number of aromatic nitrogens is 2. The van der Waals surface area contributed by atoms with Gasteiger partial charge in [-0.2, -0.15) is 19.6 Å². The van der Waals surface area contributed by atoms with Crippen molar-refractivity contribution < 1.29 is 0 Å². The van der Waals surface area contributed by atoms with Gasteiger partial charge in [-0.25, -0.2) is 0 Å². The normalized spacial score (nSPS) is 10.7. The average molecular weight is 266 g/mol. The predicted octanol–water partition coefficient (Wildman–Crippen LogP) is 3.68. The van der Waals surface area contributed by atoms with E-state index >= 15 is 0 Å². The number of hydrogen-bond donors (Lipinski definition) is 0. The molecule has 0 aliphatic carbocycles. The van der Waals surface area contributed by atoms with Crippen LogP contribution in [-0.2, 0) is 0 Å². The number of benzene rings is 1. The van der Waals surface area contributed by atoms with E-state index in [1.165, 1.54) is 0 Å². The minimum absolute atomic E-state index is 0.794. The van der Waals surface area contributed by atoms with Crippen LogP contribution < -0.4 is 0 Å². The molecule has 1 aromatic carbocycles. The molecular weight excluding hydrogens is 248 g/mol. The average Bonchev–Trinajstić information content (AvgIpc) is 2.37. The molecular formula is C16H18N2Si-. The van der Waals surface area contributed by atoms with Gasteiger partial charge in [0.15, 0.2) is 0 Å². The molecule has 0 aliphatic rings.